The van der Waals surface area contributed by atoms with Crippen molar-refractivity contribution in [1.82, 2.24) is 10.2 Å². The summed E-state index contributed by atoms with van der Waals surface area (Å²) in [7, 11) is 1.57. The number of nitrogens with two attached hydrogens (primary N) is 1. The lowest BCUT2D eigenvalue weighted by molar-refractivity contribution is -0.135. The highest BCUT2D eigenvalue weighted by Gasteiger charge is 2.21. The highest BCUT2D eigenvalue weighted by Crippen LogP contribution is 2.18. The minimum absolute atomic E-state index is 0.0335. The summed E-state index contributed by atoms with van der Waals surface area (Å²) in [6.45, 7) is 2.42. The zero-order chi connectivity index (χ0) is 12.8. The summed E-state index contributed by atoms with van der Waals surface area (Å²) in [5, 5.41) is 4.50. The van der Waals surface area contributed by atoms with Crippen LogP contribution in [0.4, 0.5) is 0 Å². The molecular formula is C11H17N3O2S. The molecule has 0 aliphatic carbocycles. The van der Waals surface area contributed by atoms with Gasteiger partial charge in [0.15, 0.2) is 0 Å². The van der Waals surface area contributed by atoms with Crippen LogP contribution in [0.25, 0.3) is 0 Å². The number of nitrogens with zero attached hydrogens (tertiary/aromatic N) is 1. The standard InChI is InChI=1S/C11H17N3O2S/c1-3-13-9(15)7-14(2)11(16)10(12)8-5-4-6-17-8/h4-6,10H,3,7,12H2,1-2H3,(H,13,15). The van der Waals surface area contributed by atoms with E-state index in [4.69, 9.17) is 5.73 Å². The second-order valence-electron chi connectivity index (χ2n) is 3.64. The Hall–Kier alpha value is -1.40. The fourth-order valence-electron chi connectivity index (χ4n) is 1.37. The van der Waals surface area contributed by atoms with Gasteiger partial charge in [-0.25, -0.2) is 0 Å². The number of carbonyl (C=O) groups excluding carboxylic acids is 2. The Kier molecular flexibility index (Phi) is 5.11. The lowest BCUT2D eigenvalue weighted by atomic mass is 10.2. The van der Waals surface area contributed by atoms with Crippen LogP contribution >= 0.6 is 11.3 Å². The summed E-state index contributed by atoms with van der Waals surface area (Å²) in [6, 6.07) is 2.97. The van der Waals surface area contributed by atoms with Crippen molar-refractivity contribution in [1.29, 1.82) is 0 Å². The summed E-state index contributed by atoms with van der Waals surface area (Å²) >= 11 is 1.43. The first-order chi connectivity index (χ1) is 8.06. The van der Waals surface area contributed by atoms with Crippen molar-refractivity contribution in [3.05, 3.63) is 22.4 Å². The molecule has 2 amide bonds. The quantitative estimate of drug-likeness (QED) is 0.797. The maximum Gasteiger partial charge on any atom is 0.245 e. The first kappa shape index (κ1) is 13.7. The Balaban J connectivity index is 2.55. The van der Waals surface area contributed by atoms with Crippen LogP contribution < -0.4 is 11.1 Å². The second-order valence-corrected chi connectivity index (χ2v) is 4.62. The Morgan fingerprint density at radius 1 is 1.59 bits per heavy atom. The van der Waals surface area contributed by atoms with Gasteiger partial charge in [0.05, 0.1) is 6.54 Å². The number of nitrogens with one attached hydrogen (secondary N) is 1. The molecule has 1 aromatic heterocycles. The van der Waals surface area contributed by atoms with Gasteiger partial charge < -0.3 is 16.0 Å². The molecule has 1 aromatic rings. The molecule has 0 spiro atoms. The van der Waals surface area contributed by atoms with Gasteiger partial charge in [-0.15, -0.1) is 11.3 Å². The molecule has 0 aliphatic heterocycles. The minimum Gasteiger partial charge on any atom is -0.355 e. The number of amides is 2. The summed E-state index contributed by atoms with van der Waals surface area (Å²) in [6.07, 6.45) is 0. The van der Waals surface area contributed by atoms with E-state index >= 15 is 0 Å². The molecule has 5 nitrogen and oxygen atoms in total. The Morgan fingerprint density at radius 3 is 2.82 bits per heavy atom. The molecule has 94 valence electrons. The molecule has 17 heavy (non-hydrogen) atoms. The number of carbonyl (C=O) groups is 2. The van der Waals surface area contributed by atoms with Crippen molar-refractivity contribution in [3.63, 3.8) is 0 Å². The molecule has 0 saturated carbocycles. The average molecular weight is 255 g/mol. The van der Waals surface area contributed by atoms with E-state index in [0.29, 0.717) is 6.54 Å². The van der Waals surface area contributed by atoms with E-state index in [2.05, 4.69) is 5.32 Å². The highest BCUT2D eigenvalue weighted by molar-refractivity contribution is 7.10. The molecule has 0 aliphatic rings. The molecule has 1 unspecified atom stereocenters. The van der Waals surface area contributed by atoms with E-state index in [1.165, 1.54) is 16.2 Å². The minimum atomic E-state index is -0.686. The van der Waals surface area contributed by atoms with Crippen molar-refractivity contribution in [3.8, 4) is 0 Å². The number of thiophene rings is 1. The molecule has 3 N–H and O–H groups in total. The summed E-state index contributed by atoms with van der Waals surface area (Å²) in [4.78, 5) is 25.4. The first-order valence-corrected chi connectivity index (χ1v) is 6.25. The number of hydrogen-bond acceptors (Lipinski definition) is 4. The van der Waals surface area contributed by atoms with Crippen molar-refractivity contribution < 1.29 is 9.59 Å². The summed E-state index contributed by atoms with van der Waals surface area (Å²) in [5.41, 5.74) is 5.82. The van der Waals surface area contributed by atoms with Crippen LogP contribution in [0.2, 0.25) is 0 Å². The van der Waals surface area contributed by atoms with Crippen LogP contribution in [0.3, 0.4) is 0 Å². The third kappa shape index (κ3) is 3.83. The SMILES string of the molecule is CCNC(=O)CN(C)C(=O)C(N)c1cccs1. The van der Waals surface area contributed by atoms with Crippen molar-refractivity contribution in [2.45, 2.75) is 13.0 Å². The largest absolute Gasteiger partial charge is 0.355 e. The molecule has 1 rings (SSSR count). The lowest BCUT2D eigenvalue weighted by Crippen LogP contribution is -2.42. The van der Waals surface area contributed by atoms with Crippen molar-refractivity contribution >= 4 is 23.2 Å². The summed E-state index contributed by atoms with van der Waals surface area (Å²) in [5.74, 6) is -0.430. The third-order valence-electron chi connectivity index (χ3n) is 2.25. The van der Waals surface area contributed by atoms with Crippen molar-refractivity contribution in [2.24, 2.45) is 5.73 Å². The van der Waals surface area contributed by atoms with Gasteiger partial charge >= 0.3 is 0 Å². The number of likely N-dealkylation sites (N-methyl/N-ethyl adjacent to an activating group) is 2. The van der Waals surface area contributed by atoms with Gasteiger partial charge in [-0.05, 0) is 18.4 Å². The average Bonchev–Trinajstić information content (AvgIpc) is 2.80. The smallest absolute Gasteiger partial charge is 0.245 e. The van der Waals surface area contributed by atoms with Gasteiger partial charge in [0.1, 0.15) is 6.04 Å². The highest BCUT2D eigenvalue weighted by atomic mass is 32.1. The van der Waals surface area contributed by atoms with E-state index in [1.807, 2.05) is 24.4 Å². The number of hydrogen-bond donors (Lipinski definition) is 2. The summed E-state index contributed by atoms with van der Waals surface area (Å²) < 4.78 is 0. The van der Waals surface area contributed by atoms with Crippen LogP contribution in [0, 0.1) is 0 Å². The maximum atomic E-state index is 11.9. The monoisotopic (exact) mass is 255 g/mol. The van der Waals surface area contributed by atoms with Gasteiger partial charge in [-0.1, -0.05) is 6.07 Å². The van der Waals surface area contributed by atoms with Crippen LogP contribution in [-0.2, 0) is 9.59 Å². The molecule has 1 heterocycles. The van der Waals surface area contributed by atoms with Gasteiger partial charge in [0.2, 0.25) is 11.8 Å². The lowest BCUT2D eigenvalue weighted by Gasteiger charge is -2.20. The van der Waals surface area contributed by atoms with Crippen molar-refractivity contribution in [2.75, 3.05) is 20.1 Å². The molecule has 0 saturated heterocycles. The van der Waals surface area contributed by atoms with E-state index in [-0.39, 0.29) is 18.4 Å². The van der Waals surface area contributed by atoms with Gasteiger partial charge in [0.25, 0.3) is 0 Å². The fourth-order valence-corrected chi connectivity index (χ4v) is 2.09. The Labute approximate surface area is 105 Å². The van der Waals surface area contributed by atoms with E-state index in [0.717, 1.165) is 4.88 Å². The zero-order valence-electron chi connectivity index (χ0n) is 9.97. The molecule has 0 radical (unpaired) electrons. The van der Waals surface area contributed by atoms with Crippen LogP contribution in [0.15, 0.2) is 17.5 Å². The number of rotatable bonds is 5. The molecule has 1 atom stereocenters. The maximum absolute atomic E-state index is 11.9. The second kappa shape index (κ2) is 6.36. The van der Waals surface area contributed by atoms with Crippen LogP contribution in [-0.4, -0.2) is 36.9 Å². The normalized spacial score (nSPS) is 11.9. The topological polar surface area (TPSA) is 75.4 Å². The van der Waals surface area contributed by atoms with Gasteiger partial charge in [-0.2, -0.15) is 0 Å². The van der Waals surface area contributed by atoms with Gasteiger partial charge in [0, 0.05) is 18.5 Å². The fraction of sp³-hybridized carbons (Fsp3) is 0.455. The Bertz CT molecular complexity index is 378. The van der Waals surface area contributed by atoms with E-state index in [1.54, 1.807) is 7.05 Å². The van der Waals surface area contributed by atoms with E-state index in [9.17, 15) is 9.59 Å². The predicted molar refractivity (Wildman–Crippen MR) is 67.6 cm³/mol. The zero-order valence-corrected chi connectivity index (χ0v) is 10.8. The van der Waals surface area contributed by atoms with E-state index < -0.39 is 6.04 Å². The molecular weight excluding hydrogens is 238 g/mol. The molecule has 0 bridgehead atoms. The Morgan fingerprint density at radius 2 is 2.29 bits per heavy atom. The molecule has 0 fully saturated rings. The van der Waals surface area contributed by atoms with Crippen LogP contribution in [0.1, 0.15) is 17.8 Å². The molecule has 0 aromatic carbocycles. The first-order valence-electron chi connectivity index (χ1n) is 5.37. The molecule has 6 heteroatoms. The third-order valence-corrected chi connectivity index (χ3v) is 3.20. The predicted octanol–water partition coefficient (Wildman–Crippen LogP) is 0.342. The van der Waals surface area contributed by atoms with Crippen LogP contribution in [0.5, 0.6) is 0 Å². The van der Waals surface area contributed by atoms with Gasteiger partial charge in [-0.3, -0.25) is 9.59 Å².